The molecule has 4 N–H and O–H groups in total. The molecule has 0 aromatic heterocycles. The third kappa shape index (κ3) is 4.87. The van der Waals surface area contributed by atoms with Gasteiger partial charge in [-0.1, -0.05) is 24.3 Å². The van der Waals surface area contributed by atoms with Crippen molar-refractivity contribution < 1.29 is 9.85 Å². The number of nitrogens with two attached hydrogens (primary N) is 2. The number of hydrogen-bond acceptors (Lipinski definition) is 6. The lowest BCUT2D eigenvalue weighted by atomic mass is 10.0. The predicted molar refractivity (Wildman–Crippen MR) is 119 cm³/mol. The van der Waals surface area contributed by atoms with Gasteiger partial charge in [0.1, 0.15) is 0 Å². The lowest BCUT2D eigenvalue weighted by Crippen LogP contribution is -1.96. The van der Waals surface area contributed by atoms with Gasteiger partial charge in [-0.2, -0.15) is 0 Å². The molecule has 0 unspecified atom stereocenters. The first kappa shape index (κ1) is 20.3. The summed E-state index contributed by atoms with van der Waals surface area (Å²) >= 11 is 0. The van der Waals surface area contributed by atoms with E-state index in [1.807, 2.05) is 0 Å². The Labute approximate surface area is 172 Å². The highest BCUT2D eigenvalue weighted by molar-refractivity contribution is 5.84. The Morgan fingerprint density at radius 2 is 0.933 bits per heavy atom. The molecule has 0 aliphatic heterocycles. The summed E-state index contributed by atoms with van der Waals surface area (Å²) in [5.74, 6) is 0. The smallest absolute Gasteiger partial charge is 0.269 e. The minimum atomic E-state index is -0.449. The number of nitro benzene ring substituents is 2. The van der Waals surface area contributed by atoms with Gasteiger partial charge in [0.05, 0.1) is 9.85 Å². The highest BCUT2D eigenvalue weighted by Crippen LogP contribution is 2.25. The number of rotatable bonds is 6. The van der Waals surface area contributed by atoms with E-state index in [0.717, 1.165) is 22.3 Å². The molecule has 0 aliphatic rings. The molecular formula is C22H18N4O4. The first-order valence-corrected chi connectivity index (χ1v) is 8.87. The van der Waals surface area contributed by atoms with Gasteiger partial charge in [-0.15, -0.1) is 0 Å². The molecule has 3 rings (SSSR count). The highest BCUT2D eigenvalue weighted by atomic mass is 16.6. The Kier molecular flexibility index (Phi) is 5.88. The Hall–Kier alpha value is -4.46. The molecule has 8 heteroatoms. The van der Waals surface area contributed by atoms with Crippen molar-refractivity contribution in [1.82, 2.24) is 0 Å². The van der Waals surface area contributed by atoms with Gasteiger partial charge in [0.2, 0.25) is 0 Å². The van der Waals surface area contributed by atoms with Crippen LogP contribution in [0.2, 0.25) is 0 Å². The van der Waals surface area contributed by atoms with Crippen molar-refractivity contribution in [2.24, 2.45) is 0 Å². The lowest BCUT2D eigenvalue weighted by Gasteiger charge is -2.07. The summed E-state index contributed by atoms with van der Waals surface area (Å²) in [7, 11) is 0. The topological polar surface area (TPSA) is 138 Å². The zero-order chi connectivity index (χ0) is 21.7. The average Bonchev–Trinajstić information content (AvgIpc) is 2.73. The summed E-state index contributed by atoms with van der Waals surface area (Å²) in [5.41, 5.74) is 16.4. The van der Waals surface area contributed by atoms with E-state index in [0.29, 0.717) is 11.4 Å². The fourth-order valence-electron chi connectivity index (χ4n) is 2.74. The fraction of sp³-hybridized carbons (Fsp3) is 0. The van der Waals surface area contributed by atoms with Crippen LogP contribution in [0, 0.1) is 20.2 Å². The predicted octanol–water partition coefficient (Wildman–Crippen LogP) is 5.01. The Bertz CT molecular complexity index is 1060. The van der Waals surface area contributed by atoms with Crippen molar-refractivity contribution >= 4 is 47.1 Å². The number of hydrogen-bond donors (Lipinski definition) is 2. The molecule has 0 bridgehead atoms. The van der Waals surface area contributed by atoms with E-state index in [1.165, 1.54) is 24.3 Å². The van der Waals surface area contributed by atoms with Crippen LogP contribution in [-0.2, 0) is 0 Å². The summed E-state index contributed by atoms with van der Waals surface area (Å²) in [6.07, 6.45) is 7.16. The SMILES string of the molecule is Nc1cc(/C=C/c2ccc([N+](=O)[O-])cc2)c(N)cc1/C=C/c1ccc([N+](=O)[O-])cc1. The second-order valence-electron chi connectivity index (χ2n) is 6.47. The average molecular weight is 402 g/mol. The van der Waals surface area contributed by atoms with E-state index in [9.17, 15) is 20.2 Å². The van der Waals surface area contributed by atoms with Crippen molar-refractivity contribution in [2.75, 3.05) is 11.5 Å². The standard InChI is InChI=1S/C22H18N4O4/c23-21-14-18(8-2-16-5-11-20(12-6-16)26(29)30)22(24)13-17(21)7-1-15-3-9-19(10-4-15)25(27)28/h1-14H,23-24H2/b7-1+,8-2+. The van der Waals surface area contributed by atoms with E-state index >= 15 is 0 Å². The molecule has 0 spiro atoms. The maximum atomic E-state index is 10.7. The molecule has 8 nitrogen and oxygen atoms in total. The number of benzene rings is 3. The molecule has 0 amide bonds. The third-order valence-electron chi connectivity index (χ3n) is 4.41. The Morgan fingerprint density at radius 1 is 0.600 bits per heavy atom. The summed E-state index contributed by atoms with van der Waals surface area (Å²) in [4.78, 5) is 20.5. The third-order valence-corrected chi connectivity index (χ3v) is 4.41. The second kappa shape index (κ2) is 8.70. The van der Waals surface area contributed by atoms with Gasteiger partial charge in [0.25, 0.3) is 11.4 Å². The monoisotopic (exact) mass is 402 g/mol. The van der Waals surface area contributed by atoms with Crippen LogP contribution in [0.25, 0.3) is 24.3 Å². The maximum absolute atomic E-state index is 10.7. The normalized spacial score (nSPS) is 11.2. The molecule has 0 aliphatic carbocycles. The van der Waals surface area contributed by atoms with Crippen LogP contribution in [0.15, 0.2) is 60.7 Å². The van der Waals surface area contributed by atoms with Crippen LogP contribution in [-0.4, -0.2) is 9.85 Å². The van der Waals surface area contributed by atoms with Crippen molar-refractivity contribution in [3.63, 3.8) is 0 Å². The van der Waals surface area contributed by atoms with Gasteiger partial charge < -0.3 is 11.5 Å². The summed E-state index contributed by atoms with van der Waals surface area (Å²) in [6, 6.07) is 15.8. The number of nitrogens with zero attached hydrogens (tertiary/aromatic N) is 2. The Morgan fingerprint density at radius 3 is 1.23 bits per heavy atom. The molecule has 0 atom stereocenters. The van der Waals surface area contributed by atoms with E-state index < -0.39 is 9.85 Å². The van der Waals surface area contributed by atoms with Crippen LogP contribution in [0.3, 0.4) is 0 Å². The molecule has 30 heavy (non-hydrogen) atoms. The molecule has 0 radical (unpaired) electrons. The number of anilines is 2. The van der Waals surface area contributed by atoms with E-state index in [2.05, 4.69) is 0 Å². The molecule has 150 valence electrons. The largest absolute Gasteiger partial charge is 0.398 e. The van der Waals surface area contributed by atoms with E-state index in [4.69, 9.17) is 11.5 Å². The summed E-state index contributed by atoms with van der Waals surface area (Å²) in [6.45, 7) is 0. The second-order valence-corrected chi connectivity index (χ2v) is 6.47. The van der Waals surface area contributed by atoms with Crippen LogP contribution in [0.5, 0.6) is 0 Å². The van der Waals surface area contributed by atoms with E-state index in [1.54, 1.807) is 60.7 Å². The molecule has 0 saturated heterocycles. The minimum absolute atomic E-state index is 0.0278. The quantitative estimate of drug-likeness (QED) is 0.257. The summed E-state index contributed by atoms with van der Waals surface area (Å²) in [5, 5.41) is 21.4. The van der Waals surface area contributed by atoms with Crippen LogP contribution in [0.4, 0.5) is 22.7 Å². The van der Waals surface area contributed by atoms with Crippen molar-refractivity contribution in [3.8, 4) is 0 Å². The fourth-order valence-corrected chi connectivity index (χ4v) is 2.74. The molecule has 0 saturated carbocycles. The molecule has 0 fully saturated rings. The van der Waals surface area contributed by atoms with Crippen LogP contribution < -0.4 is 11.5 Å². The van der Waals surface area contributed by atoms with Gasteiger partial charge in [-0.05, 0) is 58.7 Å². The van der Waals surface area contributed by atoms with Gasteiger partial charge in [-0.3, -0.25) is 20.2 Å². The number of nitro groups is 2. The summed E-state index contributed by atoms with van der Waals surface area (Å²) < 4.78 is 0. The Balaban J connectivity index is 1.77. The maximum Gasteiger partial charge on any atom is 0.269 e. The van der Waals surface area contributed by atoms with Gasteiger partial charge >= 0.3 is 0 Å². The van der Waals surface area contributed by atoms with E-state index in [-0.39, 0.29) is 11.4 Å². The van der Waals surface area contributed by atoms with Gasteiger partial charge in [0.15, 0.2) is 0 Å². The molecule has 3 aromatic rings. The van der Waals surface area contributed by atoms with Gasteiger partial charge in [-0.25, -0.2) is 0 Å². The van der Waals surface area contributed by atoms with Gasteiger partial charge in [0, 0.05) is 35.6 Å². The number of nitrogen functional groups attached to an aromatic ring is 2. The zero-order valence-corrected chi connectivity index (χ0v) is 15.8. The first-order valence-electron chi connectivity index (χ1n) is 8.87. The number of non-ortho nitro benzene ring substituents is 2. The minimum Gasteiger partial charge on any atom is -0.398 e. The molecule has 0 heterocycles. The molecular weight excluding hydrogens is 384 g/mol. The van der Waals surface area contributed by atoms with Crippen molar-refractivity contribution in [3.05, 3.63) is 103 Å². The van der Waals surface area contributed by atoms with Crippen molar-refractivity contribution in [1.29, 1.82) is 0 Å². The van der Waals surface area contributed by atoms with Crippen LogP contribution in [0.1, 0.15) is 22.3 Å². The van der Waals surface area contributed by atoms with Crippen LogP contribution >= 0.6 is 0 Å². The zero-order valence-electron chi connectivity index (χ0n) is 15.8. The molecule has 3 aromatic carbocycles. The highest BCUT2D eigenvalue weighted by Gasteiger charge is 2.05. The lowest BCUT2D eigenvalue weighted by molar-refractivity contribution is -0.385. The van der Waals surface area contributed by atoms with Crippen molar-refractivity contribution in [2.45, 2.75) is 0 Å². The first-order chi connectivity index (χ1) is 14.3.